The fraction of sp³-hybridized carbons (Fsp3) is 0.308. The van der Waals surface area contributed by atoms with Crippen molar-refractivity contribution in [2.75, 3.05) is 12.4 Å². The fourth-order valence-corrected chi connectivity index (χ4v) is 2.61. The van der Waals surface area contributed by atoms with Gasteiger partial charge in [-0.1, -0.05) is 12.1 Å². The third-order valence-electron chi connectivity index (χ3n) is 3.05. The standard InChI is InChI=1S/C13H18N4O2S/c1-10(16-12-8-15-17(3)9-12)11-4-6-13(7-5-11)20(18,19)14-2/h4-10,14,16H,1-3H3. The van der Waals surface area contributed by atoms with Crippen molar-refractivity contribution in [3.63, 3.8) is 0 Å². The summed E-state index contributed by atoms with van der Waals surface area (Å²) in [6.45, 7) is 2.01. The molecule has 0 amide bonds. The zero-order chi connectivity index (χ0) is 14.8. The number of hydrogen-bond donors (Lipinski definition) is 2. The highest BCUT2D eigenvalue weighted by atomic mass is 32.2. The Bertz CT molecular complexity index is 677. The monoisotopic (exact) mass is 294 g/mol. The Kier molecular flexibility index (Phi) is 4.10. The van der Waals surface area contributed by atoms with Crippen molar-refractivity contribution in [1.82, 2.24) is 14.5 Å². The average molecular weight is 294 g/mol. The van der Waals surface area contributed by atoms with Crippen LogP contribution in [-0.2, 0) is 17.1 Å². The van der Waals surface area contributed by atoms with E-state index >= 15 is 0 Å². The number of aryl methyl sites for hydroxylation is 1. The molecule has 1 aromatic carbocycles. The van der Waals surface area contributed by atoms with Crippen LogP contribution in [0.1, 0.15) is 18.5 Å². The van der Waals surface area contributed by atoms with E-state index in [0.717, 1.165) is 11.3 Å². The van der Waals surface area contributed by atoms with Crippen LogP contribution in [0.4, 0.5) is 5.69 Å². The lowest BCUT2D eigenvalue weighted by Gasteiger charge is -2.14. The lowest BCUT2D eigenvalue weighted by Crippen LogP contribution is -2.18. The number of sulfonamides is 1. The van der Waals surface area contributed by atoms with Crippen molar-refractivity contribution in [2.24, 2.45) is 7.05 Å². The molecule has 108 valence electrons. The van der Waals surface area contributed by atoms with Gasteiger partial charge in [0.2, 0.25) is 10.0 Å². The Morgan fingerprint density at radius 2 is 1.90 bits per heavy atom. The van der Waals surface area contributed by atoms with E-state index in [0.29, 0.717) is 0 Å². The van der Waals surface area contributed by atoms with Gasteiger partial charge in [-0.15, -0.1) is 0 Å². The second kappa shape index (κ2) is 5.64. The van der Waals surface area contributed by atoms with Crippen molar-refractivity contribution in [3.05, 3.63) is 42.2 Å². The van der Waals surface area contributed by atoms with Gasteiger partial charge < -0.3 is 5.32 Å². The lowest BCUT2D eigenvalue weighted by molar-refractivity contribution is 0.588. The number of hydrogen-bond acceptors (Lipinski definition) is 4. The molecule has 2 rings (SSSR count). The molecule has 0 fully saturated rings. The molecule has 1 atom stereocenters. The van der Waals surface area contributed by atoms with Gasteiger partial charge in [0.15, 0.2) is 0 Å². The number of nitrogens with one attached hydrogen (secondary N) is 2. The number of rotatable bonds is 5. The smallest absolute Gasteiger partial charge is 0.240 e. The second-order valence-corrected chi connectivity index (χ2v) is 6.43. The van der Waals surface area contributed by atoms with Crippen molar-refractivity contribution in [1.29, 1.82) is 0 Å². The predicted molar refractivity (Wildman–Crippen MR) is 77.9 cm³/mol. The van der Waals surface area contributed by atoms with Crippen LogP contribution in [-0.4, -0.2) is 25.2 Å². The summed E-state index contributed by atoms with van der Waals surface area (Å²) in [4.78, 5) is 0.261. The Balaban J connectivity index is 2.13. The molecule has 0 aliphatic rings. The minimum absolute atomic E-state index is 0.0607. The van der Waals surface area contributed by atoms with Gasteiger partial charge >= 0.3 is 0 Å². The van der Waals surface area contributed by atoms with Crippen LogP contribution in [0.15, 0.2) is 41.6 Å². The SMILES string of the molecule is CNS(=O)(=O)c1ccc(C(C)Nc2cnn(C)c2)cc1. The largest absolute Gasteiger partial charge is 0.376 e. The van der Waals surface area contributed by atoms with E-state index in [9.17, 15) is 8.42 Å². The lowest BCUT2D eigenvalue weighted by atomic mass is 10.1. The third-order valence-corrected chi connectivity index (χ3v) is 4.48. The van der Waals surface area contributed by atoms with Crippen LogP contribution in [0.2, 0.25) is 0 Å². The first-order valence-electron chi connectivity index (χ1n) is 6.21. The van der Waals surface area contributed by atoms with Gasteiger partial charge in [-0.25, -0.2) is 13.1 Å². The molecule has 1 heterocycles. The molecule has 0 spiro atoms. The molecule has 2 N–H and O–H groups in total. The molecule has 0 saturated carbocycles. The van der Waals surface area contributed by atoms with Gasteiger partial charge in [0, 0.05) is 19.3 Å². The maximum Gasteiger partial charge on any atom is 0.240 e. The van der Waals surface area contributed by atoms with E-state index in [1.165, 1.54) is 7.05 Å². The number of aromatic nitrogens is 2. The van der Waals surface area contributed by atoms with Gasteiger partial charge in [0.25, 0.3) is 0 Å². The van der Waals surface area contributed by atoms with Gasteiger partial charge in [0.05, 0.1) is 16.8 Å². The summed E-state index contributed by atoms with van der Waals surface area (Å²) in [5.41, 5.74) is 1.93. The van der Waals surface area contributed by atoms with E-state index in [4.69, 9.17) is 0 Å². The Morgan fingerprint density at radius 1 is 1.25 bits per heavy atom. The molecule has 0 aliphatic heterocycles. The highest BCUT2D eigenvalue weighted by molar-refractivity contribution is 7.89. The van der Waals surface area contributed by atoms with Gasteiger partial charge in [-0.2, -0.15) is 5.10 Å². The first kappa shape index (κ1) is 14.5. The molecule has 0 aliphatic carbocycles. The number of benzene rings is 1. The zero-order valence-electron chi connectivity index (χ0n) is 11.7. The van der Waals surface area contributed by atoms with Crippen molar-refractivity contribution < 1.29 is 8.42 Å². The molecule has 1 unspecified atom stereocenters. The highest BCUT2D eigenvalue weighted by Gasteiger charge is 2.12. The van der Waals surface area contributed by atoms with Crippen LogP contribution in [0.5, 0.6) is 0 Å². The Labute approximate surface area is 118 Å². The molecule has 1 aromatic heterocycles. The summed E-state index contributed by atoms with van der Waals surface area (Å²) in [6.07, 6.45) is 3.63. The molecule has 20 heavy (non-hydrogen) atoms. The zero-order valence-corrected chi connectivity index (χ0v) is 12.5. The van der Waals surface area contributed by atoms with Crippen molar-refractivity contribution >= 4 is 15.7 Å². The highest BCUT2D eigenvalue weighted by Crippen LogP contribution is 2.20. The minimum atomic E-state index is -3.38. The molecular formula is C13H18N4O2S. The molecule has 7 heteroatoms. The Morgan fingerprint density at radius 3 is 2.40 bits per heavy atom. The molecule has 6 nitrogen and oxygen atoms in total. The first-order valence-corrected chi connectivity index (χ1v) is 7.69. The maximum absolute atomic E-state index is 11.6. The summed E-state index contributed by atoms with van der Waals surface area (Å²) in [5.74, 6) is 0. The van der Waals surface area contributed by atoms with E-state index in [-0.39, 0.29) is 10.9 Å². The van der Waals surface area contributed by atoms with E-state index < -0.39 is 10.0 Å². The molecule has 0 saturated heterocycles. The summed E-state index contributed by atoms with van der Waals surface area (Å²) in [6, 6.07) is 6.87. The van der Waals surface area contributed by atoms with E-state index in [1.54, 1.807) is 35.1 Å². The van der Waals surface area contributed by atoms with Crippen LogP contribution in [0.25, 0.3) is 0 Å². The van der Waals surface area contributed by atoms with Crippen LogP contribution >= 0.6 is 0 Å². The fourth-order valence-electron chi connectivity index (χ4n) is 1.88. The van der Waals surface area contributed by atoms with Crippen LogP contribution < -0.4 is 10.0 Å². The van der Waals surface area contributed by atoms with Gasteiger partial charge in [-0.05, 0) is 31.7 Å². The molecule has 0 bridgehead atoms. The van der Waals surface area contributed by atoms with Crippen molar-refractivity contribution in [3.8, 4) is 0 Å². The van der Waals surface area contributed by atoms with Crippen LogP contribution in [0, 0.1) is 0 Å². The molecule has 2 aromatic rings. The second-order valence-electron chi connectivity index (χ2n) is 4.55. The maximum atomic E-state index is 11.6. The normalized spacial score (nSPS) is 13.2. The summed E-state index contributed by atoms with van der Waals surface area (Å²) in [7, 11) is -0.127. The summed E-state index contributed by atoms with van der Waals surface area (Å²) in [5, 5.41) is 7.39. The van der Waals surface area contributed by atoms with Crippen molar-refractivity contribution in [2.45, 2.75) is 17.9 Å². The topological polar surface area (TPSA) is 76.0 Å². The quantitative estimate of drug-likeness (QED) is 0.876. The summed E-state index contributed by atoms with van der Waals surface area (Å²) >= 11 is 0. The summed E-state index contributed by atoms with van der Waals surface area (Å²) < 4.78 is 27.3. The van der Waals surface area contributed by atoms with E-state index in [2.05, 4.69) is 15.1 Å². The van der Waals surface area contributed by atoms with E-state index in [1.807, 2.05) is 20.2 Å². The van der Waals surface area contributed by atoms with Crippen LogP contribution in [0.3, 0.4) is 0 Å². The Hall–Kier alpha value is -1.86. The first-order chi connectivity index (χ1) is 9.42. The van der Waals surface area contributed by atoms with Gasteiger partial charge in [-0.3, -0.25) is 4.68 Å². The average Bonchev–Trinajstić information content (AvgIpc) is 2.84. The third kappa shape index (κ3) is 3.17. The predicted octanol–water partition coefficient (Wildman–Crippen LogP) is 1.50. The molecule has 0 radical (unpaired) electrons. The minimum Gasteiger partial charge on any atom is -0.376 e. The van der Waals surface area contributed by atoms with Gasteiger partial charge in [0.1, 0.15) is 0 Å². The number of nitrogens with zero attached hydrogens (tertiary/aromatic N) is 2. The molecular weight excluding hydrogens is 276 g/mol. The number of anilines is 1.